The molecule has 21 heavy (non-hydrogen) atoms. The van der Waals surface area contributed by atoms with Crippen molar-refractivity contribution < 1.29 is 14.5 Å². The van der Waals surface area contributed by atoms with Gasteiger partial charge in [0.2, 0.25) is 0 Å². The second kappa shape index (κ2) is 6.59. The van der Waals surface area contributed by atoms with Gasteiger partial charge in [-0.3, -0.25) is 14.9 Å². The smallest absolute Gasteiger partial charge is 0.283 e. The first-order valence-electron chi connectivity index (χ1n) is 6.42. The quantitative estimate of drug-likeness (QED) is 0.506. The van der Waals surface area contributed by atoms with Gasteiger partial charge in [0.25, 0.3) is 11.6 Å². The maximum atomic E-state index is 12.1. The highest BCUT2D eigenvalue weighted by atomic mass is 32.1. The molecule has 1 aromatic rings. The number of ether oxygens (including phenoxy) is 1. The van der Waals surface area contributed by atoms with Crippen LogP contribution in [0.5, 0.6) is 0 Å². The average molecular weight is 309 g/mol. The van der Waals surface area contributed by atoms with E-state index in [0.29, 0.717) is 32.0 Å². The Morgan fingerprint density at radius 3 is 2.71 bits per heavy atom. The van der Waals surface area contributed by atoms with Gasteiger partial charge in [-0.2, -0.15) is 0 Å². The molecule has 1 N–H and O–H groups in total. The molecule has 0 radical (unpaired) electrons. The third-order valence-electron chi connectivity index (χ3n) is 3.17. The van der Waals surface area contributed by atoms with E-state index in [1.54, 1.807) is 17.9 Å². The van der Waals surface area contributed by atoms with Crippen molar-refractivity contribution in [3.05, 3.63) is 33.9 Å². The van der Waals surface area contributed by atoms with Gasteiger partial charge < -0.3 is 15.0 Å². The first-order chi connectivity index (χ1) is 9.99. The van der Waals surface area contributed by atoms with E-state index in [0.717, 1.165) is 5.56 Å². The number of non-ortho nitro benzene ring substituents is 1. The number of carbonyl (C=O) groups is 1. The van der Waals surface area contributed by atoms with Crippen molar-refractivity contribution >= 4 is 34.5 Å². The molecular formula is C13H15N3O4S. The number of hydrogen-bond acceptors (Lipinski definition) is 5. The lowest BCUT2D eigenvalue weighted by Crippen LogP contribution is -2.44. The van der Waals surface area contributed by atoms with Crippen LogP contribution in [-0.2, 0) is 9.53 Å². The van der Waals surface area contributed by atoms with Crippen LogP contribution >= 0.6 is 12.2 Å². The van der Waals surface area contributed by atoms with Gasteiger partial charge in [-0.1, -0.05) is 18.3 Å². The number of morpholine rings is 1. The lowest BCUT2D eigenvalue weighted by atomic mass is 10.2. The summed E-state index contributed by atoms with van der Waals surface area (Å²) in [5.41, 5.74) is 1.05. The fraction of sp³-hybridized carbons (Fsp3) is 0.385. The number of nitrogens with zero attached hydrogens (tertiary/aromatic N) is 2. The fourth-order valence-electron chi connectivity index (χ4n) is 1.94. The predicted octanol–water partition coefficient (Wildman–Crippen LogP) is 1.50. The summed E-state index contributed by atoms with van der Waals surface area (Å²) in [6.07, 6.45) is 0. The molecule has 1 saturated heterocycles. The summed E-state index contributed by atoms with van der Waals surface area (Å²) in [4.78, 5) is 24.3. The Morgan fingerprint density at radius 2 is 2.10 bits per heavy atom. The van der Waals surface area contributed by atoms with E-state index in [1.165, 1.54) is 12.1 Å². The zero-order valence-corrected chi connectivity index (χ0v) is 12.3. The number of amides is 1. The summed E-state index contributed by atoms with van der Waals surface area (Å²) in [6.45, 7) is 3.96. The number of aryl methyl sites for hydroxylation is 1. The number of nitrogens with one attached hydrogen (secondary N) is 1. The summed E-state index contributed by atoms with van der Waals surface area (Å²) < 4.78 is 5.20. The molecule has 7 nitrogen and oxygen atoms in total. The summed E-state index contributed by atoms with van der Waals surface area (Å²) in [5.74, 6) is -0.435. The first kappa shape index (κ1) is 15.3. The van der Waals surface area contributed by atoms with Gasteiger partial charge in [0, 0.05) is 25.2 Å². The summed E-state index contributed by atoms with van der Waals surface area (Å²) in [5, 5.41) is 13.4. The van der Waals surface area contributed by atoms with E-state index in [1.807, 2.05) is 0 Å². The molecule has 0 aromatic heterocycles. The second-order valence-electron chi connectivity index (χ2n) is 4.62. The number of nitro groups is 1. The van der Waals surface area contributed by atoms with Gasteiger partial charge in [-0.15, -0.1) is 0 Å². The van der Waals surface area contributed by atoms with Crippen LogP contribution in [0.1, 0.15) is 5.56 Å². The van der Waals surface area contributed by atoms with Gasteiger partial charge in [-0.05, 0) is 12.5 Å². The van der Waals surface area contributed by atoms with Crippen LogP contribution in [0.3, 0.4) is 0 Å². The Bertz CT molecular complexity index is 585. The topological polar surface area (TPSA) is 84.7 Å². The van der Waals surface area contributed by atoms with E-state index >= 15 is 0 Å². The van der Waals surface area contributed by atoms with Crippen LogP contribution in [0.4, 0.5) is 11.4 Å². The molecule has 0 saturated carbocycles. The molecule has 0 spiro atoms. The molecule has 0 unspecified atom stereocenters. The number of nitro benzene ring substituents is 1. The van der Waals surface area contributed by atoms with Crippen molar-refractivity contribution in [2.45, 2.75) is 6.92 Å². The van der Waals surface area contributed by atoms with Gasteiger partial charge in [0.15, 0.2) is 4.99 Å². The molecule has 8 heteroatoms. The van der Waals surface area contributed by atoms with Crippen LogP contribution < -0.4 is 5.32 Å². The Hall–Kier alpha value is -2.06. The highest BCUT2D eigenvalue weighted by Gasteiger charge is 2.21. The lowest BCUT2D eigenvalue weighted by Gasteiger charge is -2.28. The van der Waals surface area contributed by atoms with Gasteiger partial charge >= 0.3 is 0 Å². The summed E-state index contributed by atoms with van der Waals surface area (Å²) >= 11 is 5.15. The van der Waals surface area contributed by atoms with Crippen molar-refractivity contribution in [3.63, 3.8) is 0 Å². The zero-order chi connectivity index (χ0) is 15.4. The van der Waals surface area contributed by atoms with E-state index in [2.05, 4.69) is 5.32 Å². The van der Waals surface area contributed by atoms with Crippen LogP contribution in [0.15, 0.2) is 18.2 Å². The number of thiocarbonyl (C=S) groups is 1. The minimum atomic E-state index is -0.505. The number of rotatable bonds is 2. The minimum Gasteiger partial charge on any atom is -0.378 e. The highest BCUT2D eigenvalue weighted by molar-refractivity contribution is 7.82. The highest BCUT2D eigenvalue weighted by Crippen LogP contribution is 2.22. The van der Waals surface area contributed by atoms with Crippen molar-refractivity contribution in [1.29, 1.82) is 0 Å². The molecule has 0 aliphatic carbocycles. The van der Waals surface area contributed by atoms with Crippen molar-refractivity contribution in [2.75, 3.05) is 31.6 Å². The SMILES string of the molecule is Cc1ccc([N+](=O)[O-])cc1NC(=O)C(=S)N1CCOCC1. The van der Waals surface area contributed by atoms with Crippen molar-refractivity contribution in [1.82, 2.24) is 4.90 Å². The maximum Gasteiger partial charge on any atom is 0.283 e. The lowest BCUT2D eigenvalue weighted by molar-refractivity contribution is -0.384. The molecular weight excluding hydrogens is 294 g/mol. The Labute approximate surface area is 127 Å². The molecule has 2 rings (SSSR count). The summed E-state index contributed by atoms with van der Waals surface area (Å²) in [6, 6.07) is 4.31. The standard InChI is InChI=1S/C13H15N3O4S/c1-9-2-3-10(16(18)19)8-11(9)14-12(17)13(21)15-4-6-20-7-5-15/h2-3,8H,4-7H2,1H3,(H,14,17). The van der Waals surface area contributed by atoms with Crippen LogP contribution in [-0.4, -0.2) is 47.0 Å². The molecule has 0 atom stereocenters. The second-order valence-corrected chi connectivity index (χ2v) is 5.00. The zero-order valence-electron chi connectivity index (χ0n) is 11.5. The molecule has 1 aliphatic heterocycles. The Morgan fingerprint density at radius 1 is 1.43 bits per heavy atom. The molecule has 112 valence electrons. The number of hydrogen-bond donors (Lipinski definition) is 1. The van der Waals surface area contributed by atoms with Crippen molar-refractivity contribution in [2.24, 2.45) is 0 Å². The van der Waals surface area contributed by atoms with Crippen LogP contribution in [0.2, 0.25) is 0 Å². The average Bonchev–Trinajstić information content (AvgIpc) is 2.49. The Balaban J connectivity index is 2.09. The van der Waals surface area contributed by atoms with Crippen LogP contribution in [0.25, 0.3) is 0 Å². The number of benzene rings is 1. The molecule has 0 bridgehead atoms. The van der Waals surface area contributed by atoms with E-state index in [9.17, 15) is 14.9 Å². The first-order valence-corrected chi connectivity index (χ1v) is 6.83. The van der Waals surface area contributed by atoms with E-state index in [-0.39, 0.29) is 10.7 Å². The Kier molecular flexibility index (Phi) is 4.81. The third-order valence-corrected chi connectivity index (χ3v) is 3.62. The normalized spacial score (nSPS) is 14.6. The maximum absolute atomic E-state index is 12.1. The monoisotopic (exact) mass is 309 g/mol. The molecule has 1 aromatic carbocycles. The minimum absolute atomic E-state index is 0.0757. The van der Waals surface area contributed by atoms with E-state index < -0.39 is 10.8 Å². The number of anilines is 1. The predicted molar refractivity (Wildman–Crippen MR) is 81.5 cm³/mol. The molecule has 1 aliphatic rings. The van der Waals surface area contributed by atoms with Crippen molar-refractivity contribution in [3.8, 4) is 0 Å². The fourth-order valence-corrected chi connectivity index (χ4v) is 2.18. The summed E-state index contributed by atoms with van der Waals surface area (Å²) in [7, 11) is 0. The molecule has 1 amide bonds. The third kappa shape index (κ3) is 3.73. The molecule has 1 heterocycles. The number of carbonyl (C=O) groups excluding carboxylic acids is 1. The molecule has 1 fully saturated rings. The van der Waals surface area contributed by atoms with Gasteiger partial charge in [0.05, 0.1) is 23.8 Å². The largest absolute Gasteiger partial charge is 0.378 e. The van der Waals surface area contributed by atoms with Gasteiger partial charge in [0.1, 0.15) is 0 Å². The van der Waals surface area contributed by atoms with Crippen LogP contribution in [0, 0.1) is 17.0 Å². The van der Waals surface area contributed by atoms with Gasteiger partial charge in [-0.25, -0.2) is 0 Å². The van der Waals surface area contributed by atoms with E-state index in [4.69, 9.17) is 17.0 Å².